The first kappa shape index (κ1) is 20.0. The smallest absolute Gasteiger partial charge is 0.242 e. The number of rotatable bonds is 5. The summed E-state index contributed by atoms with van der Waals surface area (Å²) in [6, 6.07) is 7.69. The highest BCUT2D eigenvalue weighted by Gasteiger charge is 2.27. The van der Waals surface area contributed by atoms with Crippen LogP contribution in [0.1, 0.15) is 11.1 Å². The summed E-state index contributed by atoms with van der Waals surface area (Å²) in [6.07, 6.45) is 7.64. The van der Waals surface area contributed by atoms with Crippen LogP contribution in [0.5, 0.6) is 0 Å². The molecule has 2 aliphatic rings. The zero-order valence-electron chi connectivity index (χ0n) is 16.1. The molecule has 0 saturated carbocycles. The Morgan fingerprint density at radius 3 is 2.89 bits per heavy atom. The van der Waals surface area contributed by atoms with Crippen LogP contribution in [0.3, 0.4) is 0 Å². The van der Waals surface area contributed by atoms with E-state index in [2.05, 4.69) is 20.7 Å². The quantitative estimate of drug-likeness (QED) is 0.584. The molecule has 0 bridgehead atoms. The molecule has 28 heavy (non-hydrogen) atoms. The maximum atomic E-state index is 12.3. The average molecular weight is 402 g/mol. The Balaban J connectivity index is 1.59. The minimum atomic E-state index is -0.285. The number of carbonyl (C=O) groups excluding carboxylic acids is 1. The first-order chi connectivity index (χ1) is 13.5. The van der Waals surface area contributed by atoms with Crippen molar-refractivity contribution in [2.45, 2.75) is 19.0 Å². The molecule has 0 radical (unpaired) electrons. The predicted octanol–water partition coefficient (Wildman–Crippen LogP) is 2.09. The Kier molecular flexibility index (Phi) is 6.38. The van der Waals surface area contributed by atoms with Gasteiger partial charge in [0.2, 0.25) is 11.9 Å². The summed E-state index contributed by atoms with van der Waals surface area (Å²) in [5.41, 5.74) is 8.46. The summed E-state index contributed by atoms with van der Waals surface area (Å²) in [4.78, 5) is 18.9. The molecule has 1 unspecified atom stereocenters. The van der Waals surface area contributed by atoms with Crippen molar-refractivity contribution in [1.82, 2.24) is 20.2 Å². The lowest BCUT2D eigenvalue weighted by molar-refractivity contribution is -0.121. The zero-order valence-corrected chi connectivity index (χ0v) is 16.9. The first-order valence-electron chi connectivity index (χ1n) is 8.90. The minimum Gasteiger partial charge on any atom is -0.498 e. The molecule has 0 saturated heterocycles. The molecule has 1 amide bonds. The Labute approximate surface area is 170 Å². The molecular weight excluding hydrogens is 378 g/mol. The van der Waals surface area contributed by atoms with Crippen molar-refractivity contribution in [3.63, 3.8) is 0 Å². The largest absolute Gasteiger partial charge is 0.498 e. The van der Waals surface area contributed by atoms with E-state index in [-0.39, 0.29) is 18.4 Å². The number of ether oxygens (including phenoxy) is 1. The van der Waals surface area contributed by atoms with Crippen molar-refractivity contribution in [2.24, 2.45) is 4.99 Å². The van der Waals surface area contributed by atoms with Gasteiger partial charge in [0.05, 0.1) is 13.5 Å². The summed E-state index contributed by atoms with van der Waals surface area (Å²) in [6.45, 7) is 0.825. The number of carbonyl (C=O) groups is 1. The van der Waals surface area contributed by atoms with Crippen molar-refractivity contribution in [3.05, 3.63) is 71.2 Å². The standard InChI is InChI=1S/C20H24ClN5O2/c1-25(2)12-15-7-4-6-14(10-15)11-18(27)23-24-20-22-19-16(13-26(20)21)8-5-9-17(19)28-3/h4-10,13,19H,11-12H2,1-3H3,(H,22,24)(H,23,27). The van der Waals surface area contributed by atoms with E-state index in [1.165, 1.54) is 4.42 Å². The van der Waals surface area contributed by atoms with Gasteiger partial charge < -0.3 is 9.64 Å². The van der Waals surface area contributed by atoms with Crippen LogP contribution in [-0.2, 0) is 22.5 Å². The molecule has 1 aliphatic heterocycles. The number of amides is 1. The number of fused-ring (bicyclic) bond motifs is 1. The van der Waals surface area contributed by atoms with Gasteiger partial charge in [-0.25, -0.2) is 9.41 Å². The third-order valence-electron chi connectivity index (χ3n) is 4.25. The minimum absolute atomic E-state index is 0.185. The lowest BCUT2D eigenvalue weighted by Gasteiger charge is -2.28. The fourth-order valence-corrected chi connectivity index (χ4v) is 3.24. The number of hydrazine groups is 1. The van der Waals surface area contributed by atoms with E-state index in [0.717, 1.165) is 23.2 Å². The molecule has 1 heterocycles. The van der Waals surface area contributed by atoms with Gasteiger partial charge in [0, 0.05) is 30.1 Å². The number of methoxy groups -OCH3 is 1. The lowest BCUT2D eigenvalue weighted by atomic mass is 10.0. The maximum absolute atomic E-state index is 12.3. The van der Waals surface area contributed by atoms with Crippen molar-refractivity contribution < 1.29 is 9.53 Å². The van der Waals surface area contributed by atoms with Gasteiger partial charge in [-0.1, -0.05) is 36.4 Å². The normalized spacial score (nSPS) is 18.1. The Morgan fingerprint density at radius 2 is 2.14 bits per heavy atom. The van der Waals surface area contributed by atoms with Crippen LogP contribution in [0, 0.1) is 0 Å². The number of benzene rings is 1. The summed E-state index contributed by atoms with van der Waals surface area (Å²) in [5, 5.41) is 0. The van der Waals surface area contributed by atoms with Crippen LogP contribution < -0.4 is 10.9 Å². The SMILES string of the molecule is COC1=CC=CC2=CN(Cl)C(NNC(=O)Cc3cccc(CN(C)C)c3)=NC21. The summed E-state index contributed by atoms with van der Waals surface area (Å²) >= 11 is 6.22. The van der Waals surface area contributed by atoms with E-state index in [0.29, 0.717) is 11.7 Å². The van der Waals surface area contributed by atoms with Crippen LogP contribution in [-0.4, -0.2) is 48.4 Å². The molecule has 3 rings (SSSR count). The number of nitrogens with one attached hydrogen (secondary N) is 2. The molecule has 148 valence electrons. The molecule has 1 aliphatic carbocycles. The average Bonchev–Trinajstić information content (AvgIpc) is 2.65. The van der Waals surface area contributed by atoms with E-state index in [1.807, 2.05) is 56.6 Å². The number of allylic oxidation sites excluding steroid dienone is 2. The molecule has 0 fully saturated rings. The fourth-order valence-electron chi connectivity index (χ4n) is 3.05. The Bertz CT molecular complexity index is 860. The van der Waals surface area contributed by atoms with Crippen LogP contribution in [0.15, 0.2) is 65.0 Å². The molecule has 1 aromatic carbocycles. The van der Waals surface area contributed by atoms with Gasteiger partial charge in [-0.15, -0.1) is 0 Å². The summed E-state index contributed by atoms with van der Waals surface area (Å²) < 4.78 is 6.68. The van der Waals surface area contributed by atoms with Crippen LogP contribution in [0.4, 0.5) is 0 Å². The van der Waals surface area contributed by atoms with Crippen molar-refractivity contribution >= 4 is 23.6 Å². The second-order valence-electron chi connectivity index (χ2n) is 6.84. The highest BCUT2D eigenvalue weighted by molar-refractivity contribution is 6.23. The van der Waals surface area contributed by atoms with Gasteiger partial charge in [-0.05, 0) is 31.3 Å². The second-order valence-corrected chi connectivity index (χ2v) is 7.20. The van der Waals surface area contributed by atoms with E-state index in [9.17, 15) is 4.79 Å². The number of hydrogen-bond donors (Lipinski definition) is 2. The molecule has 2 N–H and O–H groups in total. The molecule has 8 heteroatoms. The van der Waals surface area contributed by atoms with E-state index in [4.69, 9.17) is 16.5 Å². The first-order valence-corrected chi connectivity index (χ1v) is 9.24. The molecule has 1 aromatic rings. The van der Waals surface area contributed by atoms with Gasteiger partial charge in [-0.3, -0.25) is 15.6 Å². The van der Waals surface area contributed by atoms with E-state index >= 15 is 0 Å². The maximum Gasteiger partial charge on any atom is 0.242 e. The van der Waals surface area contributed by atoms with Gasteiger partial charge in [0.15, 0.2) is 0 Å². The van der Waals surface area contributed by atoms with Gasteiger partial charge in [-0.2, -0.15) is 0 Å². The van der Waals surface area contributed by atoms with Gasteiger partial charge in [0.1, 0.15) is 11.8 Å². The highest BCUT2D eigenvalue weighted by Crippen LogP contribution is 2.26. The summed E-state index contributed by atoms with van der Waals surface area (Å²) in [7, 11) is 5.63. The fraction of sp³-hybridized carbons (Fsp3) is 0.300. The zero-order chi connectivity index (χ0) is 20.1. The van der Waals surface area contributed by atoms with Crippen LogP contribution in [0.2, 0.25) is 0 Å². The summed E-state index contributed by atoms with van der Waals surface area (Å²) in [5.74, 6) is 0.848. The monoisotopic (exact) mass is 401 g/mol. The Morgan fingerprint density at radius 1 is 1.36 bits per heavy atom. The lowest BCUT2D eigenvalue weighted by Crippen LogP contribution is -2.48. The van der Waals surface area contributed by atoms with Crippen LogP contribution in [0.25, 0.3) is 0 Å². The number of aliphatic imine (C=N–C) groups is 1. The molecule has 0 aromatic heterocycles. The number of nitrogens with zero attached hydrogens (tertiary/aromatic N) is 3. The Hall–Kier alpha value is -2.77. The van der Waals surface area contributed by atoms with E-state index in [1.54, 1.807) is 13.3 Å². The molecule has 7 nitrogen and oxygen atoms in total. The van der Waals surface area contributed by atoms with Gasteiger partial charge >= 0.3 is 0 Å². The molecule has 1 atom stereocenters. The number of hydrogen-bond acceptors (Lipinski definition) is 6. The van der Waals surface area contributed by atoms with Crippen molar-refractivity contribution in [3.8, 4) is 0 Å². The third-order valence-corrected chi connectivity index (χ3v) is 4.51. The third kappa shape index (κ3) is 4.94. The predicted molar refractivity (Wildman–Crippen MR) is 110 cm³/mol. The number of guanidine groups is 1. The molecular formula is C20H24ClN5O2. The van der Waals surface area contributed by atoms with Crippen molar-refractivity contribution in [2.75, 3.05) is 21.2 Å². The molecule has 0 spiro atoms. The topological polar surface area (TPSA) is 69.2 Å². The van der Waals surface area contributed by atoms with E-state index < -0.39 is 0 Å². The number of halogens is 1. The van der Waals surface area contributed by atoms with Crippen molar-refractivity contribution in [1.29, 1.82) is 0 Å². The van der Waals surface area contributed by atoms with Gasteiger partial charge in [0.25, 0.3) is 0 Å². The van der Waals surface area contributed by atoms with Crippen LogP contribution >= 0.6 is 11.8 Å². The second kappa shape index (κ2) is 8.95. The highest BCUT2D eigenvalue weighted by atomic mass is 35.5.